The maximum Gasteiger partial charge on any atom is 0.261 e. The predicted molar refractivity (Wildman–Crippen MR) is 88.6 cm³/mol. The molecular formula is C15H11Cl2NO3S. The highest BCUT2D eigenvalue weighted by atomic mass is 35.5. The van der Waals surface area contributed by atoms with Crippen molar-refractivity contribution >= 4 is 50.2 Å². The molecule has 0 saturated heterocycles. The Balaban J connectivity index is 2.27. The van der Waals surface area contributed by atoms with Gasteiger partial charge in [-0.05, 0) is 59.6 Å². The highest BCUT2D eigenvalue weighted by Crippen LogP contribution is 2.19. The summed E-state index contributed by atoms with van der Waals surface area (Å²) < 4.78 is 27.1. The fourth-order valence-electron chi connectivity index (χ4n) is 1.68. The van der Waals surface area contributed by atoms with Crippen molar-refractivity contribution in [2.75, 3.05) is 4.72 Å². The van der Waals surface area contributed by atoms with Crippen LogP contribution in [0.5, 0.6) is 0 Å². The number of hydrogen-bond acceptors (Lipinski definition) is 3. The second kappa shape index (κ2) is 6.96. The van der Waals surface area contributed by atoms with E-state index in [1.807, 2.05) is 0 Å². The van der Waals surface area contributed by atoms with Crippen LogP contribution in [0.25, 0.3) is 6.08 Å². The number of hydrogen-bond donors (Lipinski definition) is 1. The molecule has 0 aromatic heterocycles. The van der Waals surface area contributed by atoms with E-state index >= 15 is 0 Å². The molecule has 0 fully saturated rings. The van der Waals surface area contributed by atoms with E-state index in [4.69, 9.17) is 23.2 Å². The molecule has 0 spiro atoms. The van der Waals surface area contributed by atoms with Gasteiger partial charge in [0.15, 0.2) is 0 Å². The fraction of sp³-hybridized carbons (Fsp3) is 0. The number of rotatable bonds is 5. The van der Waals surface area contributed by atoms with Crippen LogP contribution in [0.4, 0.5) is 5.69 Å². The van der Waals surface area contributed by atoms with E-state index in [0.29, 0.717) is 16.3 Å². The Kier molecular flexibility index (Phi) is 5.24. The molecule has 0 heterocycles. The molecule has 2 aromatic carbocycles. The van der Waals surface area contributed by atoms with Crippen LogP contribution in [-0.2, 0) is 14.8 Å². The molecule has 2 aromatic rings. The lowest BCUT2D eigenvalue weighted by molar-refractivity contribution is -0.107. The maximum atomic E-state index is 12.3. The smallest absolute Gasteiger partial charge is 0.261 e. The zero-order valence-electron chi connectivity index (χ0n) is 11.2. The van der Waals surface area contributed by atoms with Crippen LogP contribution in [-0.4, -0.2) is 13.7 Å². The summed E-state index contributed by atoms with van der Waals surface area (Å²) in [6.07, 6.45) is 2.59. The molecule has 0 aliphatic heterocycles. The third kappa shape index (κ3) is 4.59. The molecule has 0 saturated carbocycles. The Morgan fingerprint density at radius 2 is 1.77 bits per heavy atom. The average Bonchev–Trinajstić information content (AvgIpc) is 2.48. The zero-order chi connectivity index (χ0) is 16.2. The van der Waals surface area contributed by atoms with E-state index in [9.17, 15) is 13.2 Å². The first kappa shape index (κ1) is 16.5. The zero-order valence-corrected chi connectivity index (χ0v) is 13.5. The topological polar surface area (TPSA) is 63.2 Å². The van der Waals surface area contributed by atoms with E-state index in [1.165, 1.54) is 18.2 Å². The lowest BCUT2D eigenvalue weighted by Crippen LogP contribution is -2.12. The van der Waals surface area contributed by atoms with Gasteiger partial charge < -0.3 is 0 Å². The molecule has 0 aliphatic carbocycles. The van der Waals surface area contributed by atoms with E-state index < -0.39 is 15.3 Å². The fourth-order valence-corrected chi connectivity index (χ4v) is 2.98. The molecule has 0 amide bonds. The van der Waals surface area contributed by atoms with Crippen molar-refractivity contribution in [1.82, 2.24) is 0 Å². The normalized spacial score (nSPS) is 11.5. The third-order valence-electron chi connectivity index (χ3n) is 2.67. The van der Waals surface area contributed by atoms with Gasteiger partial charge in [0.25, 0.3) is 10.0 Å². The number of benzene rings is 2. The van der Waals surface area contributed by atoms with E-state index in [1.54, 1.807) is 36.4 Å². The lowest BCUT2D eigenvalue weighted by Gasteiger charge is -2.08. The molecule has 2 rings (SSSR count). The van der Waals surface area contributed by atoms with Gasteiger partial charge in [0.1, 0.15) is 0 Å². The minimum absolute atomic E-state index is 0.0756. The number of nitrogens with one attached hydrogen (secondary N) is 1. The van der Waals surface area contributed by atoms with Crippen molar-refractivity contribution in [2.24, 2.45) is 0 Å². The lowest BCUT2D eigenvalue weighted by atomic mass is 10.2. The summed E-state index contributed by atoms with van der Waals surface area (Å²) in [5, 5.41) is -0.117. The van der Waals surface area contributed by atoms with Crippen molar-refractivity contribution in [2.45, 2.75) is 4.90 Å². The number of allylic oxidation sites excluding steroid dienone is 1. The number of halogens is 2. The summed E-state index contributed by atoms with van der Waals surface area (Å²) in [6.45, 7) is 0. The number of anilines is 1. The molecule has 0 aliphatic rings. The van der Waals surface area contributed by atoms with Crippen LogP contribution in [0, 0.1) is 0 Å². The summed E-state index contributed by atoms with van der Waals surface area (Å²) >= 11 is 11.0. The summed E-state index contributed by atoms with van der Waals surface area (Å²) in [6, 6.07) is 12.4. The molecule has 4 nitrogen and oxygen atoms in total. The van der Waals surface area contributed by atoms with Crippen LogP contribution < -0.4 is 4.72 Å². The SMILES string of the molecule is O=C(Cl)/C=C/c1cccc(S(=O)(=O)Nc2ccc(Cl)cc2)c1. The van der Waals surface area contributed by atoms with Crippen molar-refractivity contribution in [1.29, 1.82) is 0 Å². The number of carbonyl (C=O) groups is 1. The van der Waals surface area contributed by atoms with Crippen LogP contribution >= 0.6 is 23.2 Å². The minimum atomic E-state index is -3.73. The van der Waals surface area contributed by atoms with E-state index in [2.05, 4.69) is 4.72 Å². The number of carbonyl (C=O) groups excluding carboxylic acids is 1. The monoisotopic (exact) mass is 355 g/mol. The molecular weight excluding hydrogens is 345 g/mol. The second-order valence-corrected chi connectivity index (χ2v) is 6.81. The Morgan fingerprint density at radius 1 is 1.09 bits per heavy atom. The van der Waals surface area contributed by atoms with Gasteiger partial charge in [-0.2, -0.15) is 0 Å². The first-order valence-corrected chi connectivity index (χ1v) is 8.37. The van der Waals surface area contributed by atoms with Gasteiger partial charge in [-0.3, -0.25) is 9.52 Å². The quantitative estimate of drug-likeness (QED) is 0.652. The molecule has 0 bridgehead atoms. The highest BCUT2D eigenvalue weighted by molar-refractivity contribution is 7.92. The van der Waals surface area contributed by atoms with Crippen LogP contribution in [0.1, 0.15) is 5.56 Å². The first-order valence-electron chi connectivity index (χ1n) is 6.13. The van der Waals surface area contributed by atoms with Gasteiger partial charge in [-0.15, -0.1) is 0 Å². The average molecular weight is 356 g/mol. The summed E-state index contributed by atoms with van der Waals surface area (Å²) in [5.41, 5.74) is 0.953. The van der Waals surface area contributed by atoms with Crippen LogP contribution in [0.2, 0.25) is 5.02 Å². The summed E-state index contributed by atoms with van der Waals surface area (Å²) in [4.78, 5) is 10.8. The minimum Gasteiger partial charge on any atom is -0.280 e. The maximum absolute atomic E-state index is 12.3. The van der Waals surface area contributed by atoms with Crippen molar-refractivity contribution in [3.63, 3.8) is 0 Å². The Labute approximate surface area is 138 Å². The van der Waals surface area contributed by atoms with E-state index in [-0.39, 0.29) is 4.90 Å². The standard InChI is InChI=1S/C15H11Cl2NO3S/c16-12-5-7-13(8-6-12)18-22(20,21)14-3-1-2-11(10-14)4-9-15(17)19/h1-10,18H/b9-4+. The second-order valence-electron chi connectivity index (χ2n) is 4.32. The van der Waals surface area contributed by atoms with Gasteiger partial charge in [0.2, 0.25) is 5.24 Å². The van der Waals surface area contributed by atoms with Crippen molar-refractivity contribution < 1.29 is 13.2 Å². The Morgan fingerprint density at radius 3 is 2.41 bits per heavy atom. The molecule has 0 unspecified atom stereocenters. The van der Waals surface area contributed by atoms with Crippen molar-refractivity contribution in [3.05, 3.63) is 65.2 Å². The Hall–Kier alpha value is -1.82. The van der Waals surface area contributed by atoms with Crippen molar-refractivity contribution in [3.8, 4) is 0 Å². The molecule has 7 heteroatoms. The highest BCUT2D eigenvalue weighted by Gasteiger charge is 2.14. The number of sulfonamides is 1. The molecule has 114 valence electrons. The molecule has 22 heavy (non-hydrogen) atoms. The van der Waals surface area contributed by atoms with Gasteiger partial charge >= 0.3 is 0 Å². The van der Waals surface area contributed by atoms with E-state index in [0.717, 1.165) is 6.08 Å². The van der Waals surface area contributed by atoms with Gasteiger partial charge in [-0.25, -0.2) is 8.42 Å². The first-order chi connectivity index (χ1) is 10.4. The van der Waals surface area contributed by atoms with Gasteiger partial charge in [0.05, 0.1) is 4.90 Å². The molecule has 1 N–H and O–H groups in total. The van der Waals surface area contributed by atoms with Gasteiger partial charge in [0, 0.05) is 10.7 Å². The molecule has 0 atom stereocenters. The van der Waals surface area contributed by atoms with Crippen LogP contribution in [0.15, 0.2) is 59.5 Å². The van der Waals surface area contributed by atoms with Gasteiger partial charge in [-0.1, -0.05) is 29.8 Å². The largest absolute Gasteiger partial charge is 0.280 e. The molecule has 0 radical (unpaired) electrons. The summed E-state index contributed by atoms with van der Waals surface area (Å²) in [7, 11) is -3.73. The van der Waals surface area contributed by atoms with Crippen LogP contribution in [0.3, 0.4) is 0 Å². The summed E-state index contributed by atoms with van der Waals surface area (Å²) in [5.74, 6) is 0. The predicted octanol–water partition coefficient (Wildman–Crippen LogP) is 3.92. The Bertz CT molecular complexity index is 815. The third-order valence-corrected chi connectivity index (χ3v) is 4.43.